The molecule has 4 amide bonds. The third-order valence-corrected chi connectivity index (χ3v) is 6.05. The molecule has 2 aromatic rings. The maximum atomic E-state index is 13.3. The lowest BCUT2D eigenvalue weighted by atomic mass is 10.1. The minimum Gasteiger partial charge on any atom is -0.497 e. The Bertz CT molecular complexity index is 984. The lowest BCUT2D eigenvalue weighted by molar-refractivity contribution is -0.124. The first-order chi connectivity index (χ1) is 15.5. The number of carbonyl (C=O) groups excluding carboxylic acids is 3. The van der Waals surface area contributed by atoms with Gasteiger partial charge in [0.25, 0.3) is 5.91 Å². The number of imide groups is 1. The van der Waals surface area contributed by atoms with E-state index in [4.69, 9.17) is 9.47 Å². The molecular weight excluding hydrogens is 410 g/mol. The highest BCUT2D eigenvalue weighted by Gasteiger charge is 2.49. The molecule has 4 rings (SSSR count). The standard InChI is InChI=1S/C24H27N3O5/c1-31-19-11-7-16(8-12-19)25-22(28)15-21-23(29)27(18-9-13-20(32-2)14-10-18)24(30)26(21)17-5-3-4-6-17/h7-14,17,21H,3-6,15H2,1-2H3,(H,25,28)/t21-/m0/s1. The molecule has 0 spiro atoms. The smallest absolute Gasteiger partial charge is 0.332 e. The van der Waals surface area contributed by atoms with E-state index in [2.05, 4.69) is 5.32 Å². The Labute approximate surface area is 187 Å². The van der Waals surface area contributed by atoms with Crippen molar-refractivity contribution in [3.05, 3.63) is 48.5 Å². The first-order valence-corrected chi connectivity index (χ1v) is 10.8. The SMILES string of the molecule is COc1ccc(NC(=O)C[C@H]2C(=O)N(c3ccc(OC)cc3)C(=O)N2C2CCCC2)cc1. The van der Waals surface area contributed by atoms with Crippen LogP contribution in [0.15, 0.2) is 48.5 Å². The van der Waals surface area contributed by atoms with Crippen LogP contribution in [-0.4, -0.2) is 49.0 Å². The van der Waals surface area contributed by atoms with Crippen molar-refractivity contribution in [3.8, 4) is 11.5 Å². The maximum Gasteiger partial charge on any atom is 0.332 e. The zero-order valence-electron chi connectivity index (χ0n) is 18.2. The minimum atomic E-state index is -0.828. The molecule has 1 saturated carbocycles. The van der Waals surface area contributed by atoms with Crippen LogP contribution in [0.1, 0.15) is 32.1 Å². The number of hydrogen-bond donors (Lipinski definition) is 1. The molecule has 32 heavy (non-hydrogen) atoms. The molecule has 0 bridgehead atoms. The van der Waals surface area contributed by atoms with Gasteiger partial charge in [-0.15, -0.1) is 0 Å². The number of nitrogens with zero attached hydrogens (tertiary/aromatic N) is 2. The van der Waals surface area contributed by atoms with Crippen LogP contribution in [0.25, 0.3) is 0 Å². The number of methoxy groups -OCH3 is 2. The van der Waals surface area contributed by atoms with Gasteiger partial charge in [0.15, 0.2) is 0 Å². The molecule has 2 aliphatic rings. The van der Waals surface area contributed by atoms with Gasteiger partial charge in [-0.3, -0.25) is 9.59 Å². The quantitative estimate of drug-likeness (QED) is 0.666. The highest BCUT2D eigenvalue weighted by molar-refractivity contribution is 6.22. The minimum absolute atomic E-state index is 0.0338. The van der Waals surface area contributed by atoms with Crippen molar-refractivity contribution in [2.45, 2.75) is 44.2 Å². The average molecular weight is 437 g/mol. The summed E-state index contributed by atoms with van der Waals surface area (Å²) in [7, 11) is 3.13. The average Bonchev–Trinajstić information content (AvgIpc) is 3.41. The number of rotatable bonds is 7. The van der Waals surface area contributed by atoms with E-state index in [-0.39, 0.29) is 30.3 Å². The number of nitrogens with one attached hydrogen (secondary N) is 1. The molecule has 0 unspecified atom stereocenters. The Balaban J connectivity index is 1.55. The van der Waals surface area contributed by atoms with Gasteiger partial charge in [-0.05, 0) is 61.4 Å². The van der Waals surface area contributed by atoms with Crippen molar-refractivity contribution in [1.82, 2.24) is 4.90 Å². The predicted molar refractivity (Wildman–Crippen MR) is 120 cm³/mol. The summed E-state index contributed by atoms with van der Waals surface area (Å²) in [6, 6.07) is 12.5. The number of hydrogen-bond acceptors (Lipinski definition) is 5. The molecule has 0 aromatic heterocycles. The maximum absolute atomic E-state index is 13.3. The van der Waals surface area contributed by atoms with Gasteiger partial charge >= 0.3 is 6.03 Å². The summed E-state index contributed by atoms with van der Waals surface area (Å²) in [4.78, 5) is 42.3. The molecule has 0 radical (unpaired) electrons. The molecule has 8 heteroatoms. The van der Waals surface area contributed by atoms with E-state index in [0.29, 0.717) is 22.9 Å². The fraction of sp³-hybridized carbons (Fsp3) is 0.375. The third-order valence-electron chi connectivity index (χ3n) is 6.05. The van der Waals surface area contributed by atoms with E-state index in [0.717, 1.165) is 25.7 Å². The second-order valence-electron chi connectivity index (χ2n) is 8.00. The lowest BCUT2D eigenvalue weighted by Gasteiger charge is -2.27. The predicted octanol–water partition coefficient (Wildman–Crippen LogP) is 3.81. The summed E-state index contributed by atoms with van der Waals surface area (Å²) >= 11 is 0. The topological polar surface area (TPSA) is 88.2 Å². The number of anilines is 2. The van der Waals surface area contributed by atoms with Gasteiger partial charge in [-0.1, -0.05) is 12.8 Å². The highest BCUT2D eigenvalue weighted by atomic mass is 16.5. The van der Waals surface area contributed by atoms with E-state index in [1.165, 1.54) is 4.90 Å². The second kappa shape index (κ2) is 9.30. The van der Waals surface area contributed by atoms with Gasteiger partial charge in [0.05, 0.1) is 26.3 Å². The van der Waals surface area contributed by atoms with Crippen molar-refractivity contribution < 1.29 is 23.9 Å². The molecule has 8 nitrogen and oxygen atoms in total. The zero-order valence-corrected chi connectivity index (χ0v) is 18.2. The molecule has 1 N–H and O–H groups in total. The molecule has 1 saturated heterocycles. The number of carbonyl (C=O) groups is 3. The van der Waals surface area contributed by atoms with Crippen LogP contribution >= 0.6 is 0 Å². The second-order valence-corrected chi connectivity index (χ2v) is 8.00. The summed E-state index contributed by atoms with van der Waals surface area (Å²) in [6.45, 7) is 0. The molecule has 1 aliphatic heterocycles. The fourth-order valence-electron chi connectivity index (χ4n) is 4.42. The van der Waals surface area contributed by atoms with E-state index in [1.54, 1.807) is 67.7 Å². The summed E-state index contributed by atoms with van der Waals surface area (Å²) in [5.41, 5.74) is 1.08. The van der Waals surface area contributed by atoms with Gasteiger partial charge in [0, 0.05) is 11.7 Å². The van der Waals surface area contributed by atoms with Crippen LogP contribution in [0.5, 0.6) is 11.5 Å². The van der Waals surface area contributed by atoms with Gasteiger partial charge in [0.2, 0.25) is 5.91 Å². The number of benzene rings is 2. The van der Waals surface area contributed by atoms with Crippen molar-refractivity contribution in [1.29, 1.82) is 0 Å². The fourth-order valence-corrected chi connectivity index (χ4v) is 4.42. The van der Waals surface area contributed by atoms with Crippen LogP contribution in [0.4, 0.5) is 16.2 Å². The Kier molecular flexibility index (Phi) is 6.30. The lowest BCUT2D eigenvalue weighted by Crippen LogP contribution is -2.43. The largest absolute Gasteiger partial charge is 0.497 e. The Morgan fingerprint density at radius 3 is 2.06 bits per heavy atom. The monoisotopic (exact) mass is 437 g/mol. The summed E-state index contributed by atoms with van der Waals surface area (Å²) < 4.78 is 10.3. The molecule has 2 aromatic carbocycles. The van der Waals surface area contributed by atoms with Crippen molar-refractivity contribution in [2.75, 3.05) is 24.4 Å². The van der Waals surface area contributed by atoms with Crippen LogP contribution in [0.3, 0.4) is 0 Å². The zero-order chi connectivity index (χ0) is 22.7. The number of amides is 4. The summed E-state index contributed by atoms with van der Waals surface area (Å²) in [6.07, 6.45) is 3.60. The summed E-state index contributed by atoms with van der Waals surface area (Å²) in [5.74, 6) is 0.621. The molecule has 2 fully saturated rings. The van der Waals surface area contributed by atoms with E-state index in [1.807, 2.05) is 0 Å². The number of urea groups is 1. The van der Waals surface area contributed by atoms with Crippen molar-refractivity contribution in [2.24, 2.45) is 0 Å². The first kappa shape index (κ1) is 21.7. The van der Waals surface area contributed by atoms with Crippen LogP contribution in [-0.2, 0) is 9.59 Å². The molecule has 1 heterocycles. The molecular formula is C24H27N3O5. The summed E-state index contributed by atoms with van der Waals surface area (Å²) in [5, 5.41) is 2.82. The molecule has 1 aliphatic carbocycles. The van der Waals surface area contributed by atoms with E-state index < -0.39 is 6.04 Å². The van der Waals surface area contributed by atoms with Gasteiger partial charge in [-0.2, -0.15) is 0 Å². The Morgan fingerprint density at radius 2 is 1.50 bits per heavy atom. The van der Waals surface area contributed by atoms with E-state index >= 15 is 0 Å². The van der Waals surface area contributed by atoms with Crippen LogP contribution in [0.2, 0.25) is 0 Å². The van der Waals surface area contributed by atoms with Crippen LogP contribution < -0.4 is 19.7 Å². The Morgan fingerprint density at radius 1 is 0.938 bits per heavy atom. The number of ether oxygens (including phenoxy) is 2. The van der Waals surface area contributed by atoms with Gasteiger partial charge in [0.1, 0.15) is 17.5 Å². The molecule has 1 atom stereocenters. The Hall–Kier alpha value is -3.55. The van der Waals surface area contributed by atoms with E-state index in [9.17, 15) is 14.4 Å². The van der Waals surface area contributed by atoms with Gasteiger partial charge in [-0.25, -0.2) is 9.69 Å². The van der Waals surface area contributed by atoms with Crippen molar-refractivity contribution >= 4 is 29.2 Å². The van der Waals surface area contributed by atoms with Crippen molar-refractivity contribution in [3.63, 3.8) is 0 Å². The highest BCUT2D eigenvalue weighted by Crippen LogP contribution is 2.34. The molecule has 168 valence electrons. The third kappa shape index (κ3) is 4.26. The van der Waals surface area contributed by atoms with Crippen LogP contribution in [0, 0.1) is 0 Å². The normalized spacial score (nSPS) is 18.9. The first-order valence-electron chi connectivity index (χ1n) is 10.8. The van der Waals surface area contributed by atoms with Gasteiger partial charge < -0.3 is 19.7 Å².